The molecule has 0 fully saturated rings. The van der Waals surface area contributed by atoms with Crippen LogP contribution in [0.2, 0.25) is 0 Å². The first kappa shape index (κ1) is 15.4. The molecule has 4 heteroatoms. The van der Waals surface area contributed by atoms with E-state index in [1.807, 2.05) is 30.5 Å². The Labute approximate surface area is 118 Å². The summed E-state index contributed by atoms with van der Waals surface area (Å²) in [5.41, 5.74) is 0.702. The Hall–Kier alpha value is -0.670. The van der Waals surface area contributed by atoms with Crippen LogP contribution in [0.25, 0.3) is 0 Å². The number of hydrogen-bond acceptors (Lipinski definition) is 2. The molecular weight excluding hydrogens is 266 g/mol. The van der Waals surface area contributed by atoms with Crippen LogP contribution in [0.1, 0.15) is 30.6 Å². The zero-order chi connectivity index (χ0) is 13.5. The van der Waals surface area contributed by atoms with Gasteiger partial charge in [-0.2, -0.15) is 0 Å². The molecule has 0 bridgehead atoms. The van der Waals surface area contributed by atoms with E-state index in [1.54, 1.807) is 11.8 Å². The van der Waals surface area contributed by atoms with Crippen LogP contribution in [-0.4, -0.2) is 24.1 Å². The molecular formula is C14H20ClNOS. The van der Waals surface area contributed by atoms with Gasteiger partial charge in [0.25, 0.3) is 5.91 Å². The van der Waals surface area contributed by atoms with Crippen molar-refractivity contribution >= 4 is 29.3 Å². The summed E-state index contributed by atoms with van der Waals surface area (Å²) in [5, 5.41) is 3.04. The van der Waals surface area contributed by atoms with E-state index in [0.717, 1.165) is 11.3 Å². The van der Waals surface area contributed by atoms with E-state index < -0.39 is 0 Å². The van der Waals surface area contributed by atoms with Crippen LogP contribution in [-0.2, 0) is 0 Å². The third-order valence-corrected chi connectivity index (χ3v) is 3.86. The molecule has 1 unspecified atom stereocenters. The van der Waals surface area contributed by atoms with E-state index in [0.29, 0.717) is 17.4 Å². The molecule has 0 saturated heterocycles. The van der Waals surface area contributed by atoms with Gasteiger partial charge in [-0.15, -0.1) is 23.4 Å². The SMILES string of the molecule is CSc1ccc(C(=O)NC(CCCl)C(C)C)cc1. The maximum absolute atomic E-state index is 12.1. The van der Waals surface area contributed by atoms with Crippen molar-refractivity contribution in [3.63, 3.8) is 0 Å². The Morgan fingerprint density at radius 1 is 1.33 bits per heavy atom. The number of hydrogen-bond donors (Lipinski definition) is 1. The van der Waals surface area contributed by atoms with Crippen LogP contribution in [0.3, 0.4) is 0 Å². The molecule has 1 atom stereocenters. The number of benzene rings is 1. The Morgan fingerprint density at radius 3 is 2.39 bits per heavy atom. The van der Waals surface area contributed by atoms with Crippen LogP contribution >= 0.6 is 23.4 Å². The monoisotopic (exact) mass is 285 g/mol. The summed E-state index contributed by atoms with van der Waals surface area (Å²) in [5.74, 6) is 0.929. The summed E-state index contributed by atoms with van der Waals surface area (Å²) in [6, 6.07) is 7.78. The Morgan fingerprint density at radius 2 is 1.94 bits per heavy atom. The highest BCUT2D eigenvalue weighted by Gasteiger charge is 2.16. The van der Waals surface area contributed by atoms with Gasteiger partial charge in [0.1, 0.15) is 0 Å². The van der Waals surface area contributed by atoms with Gasteiger partial charge in [0.15, 0.2) is 0 Å². The molecule has 18 heavy (non-hydrogen) atoms. The number of halogens is 1. The van der Waals surface area contributed by atoms with Crippen molar-refractivity contribution in [2.45, 2.75) is 31.2 Å². The maximum Gasteiger partial charge on any atom is 0.251 e. The first-order valence-electron chi connectivity index (χ1n) is 6.09. The Bertz CT molecular complexity index is 378. The van der Waals surface area contributed by atoms with E-state index in [4.69, 9.17) is 11.6 Å². The molecule has 1 aromatic rings. The lowest BCUT2D eigenvalue weighted by molar-refractivity contribution is 0.0925. The number of carbonyl (C=O) groups excluding carboxylic acids is 1. The Kier molecular flexibility index (Phi) is 6.58. The van der Waals surface area contributed by atoms with Crippen LogP contribution in [0.4, 0.5) is 0 Å². The van der Waals surface area contributed by atoms with Gasteiger partial charge in [-0.25, -0.2) is 0 Å². The molecule has 100 valence electrons. The normalized spacial score (nSPS) is 12.5. The van der Waals surface area contributed by atoms with Gasteiger partial charge in [-0.05, 0) is 42.9 Å². The largest absolute Gasteiger partial charge is 0.349 e. The van der Waals surface area contributed by atoms with Gasteiger partial charge in [-0.3, -0.25) is 4.79 Å². The minimum Gasteiger partial charge on any atom is -0.349 e. The first-order valence-corrected chi connectivity index (χ1v) is 7.85. The lowest BCUT2D eigenvalue weighted by Gasteiger charge is -2.21. The van der Waals surface area contributed by atoms with Crippen molar-refractivity contribution in [3.05, 3.63) is 29.8 Å². The lowest BCUT2D eigenvalue weighted by Crippen LogP contribution is -2.38. The van der Waals surface area contributed by atoms with Crippen LogP contribution in [0.15, 0.2) is 29.2 Å². The van der Waals surface area contributed by atoms with E-state index in [9.17, 15) is 4.79 Å². The second kappa shape index (κ2) is 7.70. The summed E-state index contributed by atoms with van der Waals surface area (Å²) in [6.07, 6.45) is 2.82. The van der Waals surface area contributed by atoms with Crippen LogP contribution in [0, 0.1) is 5.92 Å². The molecule has 0 aromatic heterocycles. The van der Waals surface area contributed by atoms with Crippen molar-refractivity contribution < 1.29 is 4.79 Å². The summed E-state index contributed by atoms with van der Waals surface area (Å²) >= 11 is 7.42. The van der Waals surface area contributed by atoms with Crippen molar-refractivity contribution in [1.29, 1.82) is 0 Å². The van der Waals surface area contributed by atoms with E-state index in [-0.39, 0.29) is 11.9 Å². The van der Waals surface area contributed by atoms with Crippen LogP contribution in [0.5, 0.6) is 0 Å². The molecule has 1 aromatic carbocycles. The van der Waals surface area contributed by atoms with Crippen molar-refractivity contribution in [2.24, 2.45) is 5.92 Å². The third-order valence-electron chi connectivity index (χ3n) is 2.89. The molecule has 2 nitrogen and oxygen atoms in total. The molecule has 0 aliphatic carbocycles. The summed E-state index contributed by atoms with van der Waals surface area (Å²) in [7, 11) is 0. The average molecular weight is 286 g/mol. The van der Waals surface area contributed by atoms with Crippen molar-refractivity contribution in [3.8, 4) is 0 Å². The predicted octanol–water partition coefficient (Wildman–Crippen LogP) is 3.79. The number of alkyl halides is 1. The molecule has 0 aliphatic heterocycles. The highest BCUT2D eigenvalue weighted by Crippen LogP contribution is 2.15. The molecule has 1 amide bonds. The van der Waals surface area contributed by atoms with Gasteiger partial charge in [0.2, 0.25) is 0 Å². The van der Waals surface area contributed by atoms with Crippen molar-refractivity contribution in [2.75, 3.05) is 12.1 Å². The van der Waals surface area contributed by atoms with Gasteiger partial charge in [0, 0.05) is 22.4 Å². The Balaban J connectivity index is 2.67. The molecule has 0 aliphatic rings. The fourth-order valence-corrected chi connectivity index (χ4v) is 2.33. The third kappa shape index (κ3) is 4.54. The smallest absolute Gasteiger partial charge is 0.251 e. The van der Waals surface area contributed by atoms with E-state index in [1.165, 1.54) is 0 Å². The van der Waals surface area contributed by atoms with Crippen LogP contribution < -0.4 is 5.32 Å². The van der Waals surface area contributed by atoms with Gasteiger partial charge >= 0.3 is 0 Å². The number of amides is 1. The first-order chi connectivity index (χ1) is 8.58. The summed E-state index contributed by atoms with van der Waals surface area (Å²) < 4.78 is 0. The highest BCUT2D eigenvalue weighted by atomic mass is 35.5. The second-order valence-electron chi connectivity index (χ2n) is 4.53. The predicted molar refractivity (Wildman–Crippen MR) is 79.7 cm³/mol. The minimum absolute atomic E-state index is 0.0218. The maximum atomic E-state index is 12.1. The quantitative estimate of drug-likeness (QED) is 0.636. The van der Waals surface area contributed by atoms with Crippen molar-refractivity contribution in [1.82, 2.24) is 5.32 Å². The number of rotatable bonds is 6. The fourth-order valence-electron chi connectivity index (χ4n) is 1.68. The number of carbonyl (C=O) groups is 1. The standard InChI is InChI=1S/C14H20ClNOS/c1-10(2)13(8-9-15)16-14(17)11-4-6-12(18-3)7-5-11/h4-7,10,13H,8-9H2,1-3H3,(H,16,17). The second-order valence-corrected chi connectivity index (χ2v) is 5.79. The zero-order valence-corrected chi connectivity index (χ0v) is 12.6. The molecule has 0 spiro atoms. The molecule has 1 rings (SSSR count). The van der Waals surface area contributed by atoms with Gasteiger partial charge in [0.05, 0.1) is 0 Å². The topological polar surface area (TPSA) is 29.1 Å². The van der Waals surface area contributed by atoms with E-state index >= 15 is 0 Å². The molecule has 1 N–H and O–H groups in total. The van der Waals surface area contributed by atoms with Gasteiger partial charge < -0.3 is 5.32 Å². The average Bonchev–Trinajstić information content (AvgIpc) is 2.38. The lowest BCUT2D eigenvalue weighted by atomic mass is 10.0. The summed E-state index contributed by atoms with van der Waals surface area (Å²) in [6.45, 7) is 4.18. The molecule has 0 radical (unpaired) electrons. The summed E-state index contributed by atoms with van der Waals surface area (Å²) in [4.78, 5) is 13.2. The fraction of sp³-hybridized carbons (Fsp3) is 0.500. The number of nitrogens with one attached hydrogen (secondary N) is 1. The molecule has 0 heterocycles. The van der Waals surface area contributed by atoms with E-state index in [2.05, 4.69) is 19.2 Å². The molecule has 0 saturated carbocycles. The minimum atomic E-state index is -0.0218. The zero-order valence-electron chi connectivity index (χ0n) is 11.1. The van der Waals surface area contributed by atoms with Gasteiger partial charge in [-0.1, -0.05) is 13.8 Å². The number of thioether (sulfide) groups is 1. The highest BCUT2D eigenvalue weighted by molar-refractivity contribution is 7.98.